The molecular weight excluding hydrogens is 454 g/mol. The molecular formula is C21H39N3O6S2. The van der Waals surface area contributed by atoms with Crippen molar-refractivity contribution in [2.45, 2.75) is 70.6 Å². The van der Waals surface area contributed by atoms with Crippen LogP contribution in [0.15, 0.2) is 0 Å². The van der Waals surface area contributed by atoms with Gasteiger partial charge in [-0.25, -0.2) is 25.9 Å². The smallest absolute Gasteiger partial charge is 0.228 e. The molecule has 186 valence electrons. The molecule has 3 fully saturated rings. The lowest BCUT2D eigenvalue weighted by atomic mass is 9.80. The number of carbonyl (C=O) groups excluding carboxylic acids is 1. The minimum atomic E-state index is -3.44. The fourth-order valence-electron chi connectivity index (χ4n) is 5.21. The number of carbonyl (C=O) groups is 1. The van der Waals surface area contributed by atoms with Crippen LogP contribution < -0.4 is 4.72 Å². The van der Waals surface area contributed by atoms with Gasteiger partial charge in [-0.2, -0.15) is 0 Å². The Hall–Kier alpha value is -0.750. The second kappa shape index (κ2) is 10.2. The summed E-state index contributed by atoms with van der Waals surface area (Å²) in [6.07, 6.45) is 7.97. The van der Waals surface area contributed by atoms with Gasteiger partial charge in [0, 0.05) is 25.7 Å². The summed E-state index contributed by atoms with van der Waals surface area (Å²) in [6.45, 7) is 5.70. The number of hydrogen-bond acceptors (Lipinski definition) is 6. The van der Waals surface area contributed by atoms with Gasteiger partial charge in [-0.05, 0) is 50.4 Å². The topological polar surface area (TPSA) is 113 Å². The molecule has 1 aliphatic carbocycles. The fourth-order valence-corrected chi connectivity index (χ4v) is 6.93. The molecule has 1 amide bonds. The Balaban J connectivity index is 1.65. The van der Waals surface area contributed by atoms with E-state index in [1.807, 2.05) is 0 Å². The van der Waals surface area contributed by atoms with Crippen LogP contribution in [0.3, 0.4) is 0 Å². The molecule has 1 N–H and O–H groups in total. The van der Waals surface area contributed by atoms with E-state index >= 15 is 0 Å². The quantitative estimate of drug-likeness (QED) is 0.540. The molecule has 2 atom stereocenters. The van der Waals surface area contributed by atoms with Crippen LogP contribution in [0.5, 0.6) is 0 Å². The van der Waals surface area contributed by atoms with Crippen LogP contribution in [0.4, 0.5) is 0 Å². The van der Waals surface area contributed by atoms with Crippen molar-refractivity contribution >= 4 is 26.0 Å². The average Bonchev–Trinajstić information content (AvgIpc) is 2.63. The number of piperidine rings is 1. The standard InChI is InChI=1S/C21H39N3O6S2/c1-15(2)16-7-9-18(10-8-16)30-14-20-19(22-31(3,26)27)6-5-11-24(20)21(25)17-12-23(13-17)32(4,28)29/h15-20,22H,5-14H2,1-4H3/t16?,18?,19-,20-/m1/s1. The zero-order chi connectivity index (χ0) is 23.7. The molecule has 0 aromatic heterocycles. The number of rotatable bonds is 8. The zero-order valence-electron chi connectivity index (χ0n) is 19.7. The number of nitrogens with one attached hydrogen (secondary N) is 1. The third kappa shape index (κ3) is 6.65. The summed E-state index contributed by atoms with van der Waals surface area (Å²) in [6, 6.07) is -0.790. The number of sulfonamides is 2. The highest BCUT2D eigenvalue weighted by atomic mass is 32.2. The van der Waals surface area contributed by atoms with Crippen molar-refractivity contribution in [3.63, 3.8) is 0 Å². The van der Waals surface area contributed by atoms with Crippen LogP contribution in [0, 0.1) is 17.8 Å². The normalized spacial score (nSPS) is 31.0. The summed E-state index contributed by atoms with van der Waals surface area (Å²) in [4.78, 5) is 14.9. The average molecular weight is 494 g/mol. The Kier molecular flexibility index (Phi) is 8.28. The van der Waals surface area contributed by atoms with Crippen LogP contribution >= 0.6 is 0 Å². The van der Waals surface area contributed by atoms with Gasteiger partial charge in [-0.15, -0.1) is 0 Å². The van der Waals surface area contributed by atoms with E-state index < -0.39 is 26.1 Å². The summed E-state index contributed by atoms with van der Waals surface area (Å²) >= 11 is 0. The summed E-state index contributed by atoms with van der Waals surface area (Å²) in [5.41, 5.74) is 0. The number of ether oxygens (including phenoxy) is 1. The van der Waals surface area contributed by atoms with Crippen molar-refractivity contribution in [3.05, 3.63) is 0 Å². The van der Waals surface area contributed by atoms with Gasteiger partial charge in [0.05, 0.1) is 37.2 Å². The SMILES string of the molecule is CC(C)C1CCC(OC[C@@H]2[C@H](NS(C)(=O)=O)CCCN2C(=O)C2CN(S(C)(=O)=O)C2)CC1. The van der Waals surface area contributed by atoms with Gasteiger partial charge in [0.2, 0.25) is 26.0 Å². The molecule has 0 aromatic carbocycles. The molecule has 0 aromatic rings. The van der Waals surface area contributed by atoms with E-state index in [2.05, 4.69) is 18.6 Å². The highest BCUT2D eigenvalue weighted by Crippen LogP contribution is 2.32. The fraction of sp³-hybridized carbons (Fsp3) is 0.952. The second-order valence-electron chi connectivity index (χ2n) is 10.1. The minimum absolute atomic E-state index is 0.109. The first-order valence-electron chi connectivity index (χ1n) is 11.7. The van der Waals surface area contributed by atoms with Crippen LogP contribution in [0.25, 0.3) is 0 Å². The van der Waals surface area contributed by atoms with Crippen molar-refractivity contribution in [2.75, 3.05) is 38.8 Å². The van der Waals surface area contributed by atoms with E-state index in [0.717, 1.165) is 44.1 Å². The maximum atomic E-state index is 13.2. The van der Waals surface area contributed by atoms with E-state index in [0.29, 0.717) is 31.9 Å². The third-order valence-corrected chi connectivity index (χ3v) is 9.23. The molecule has 32 heavy (non-hydrogen) atoms. The Morgan fingerprint density at radius 2 is 1.66 bits per heavy atom. The number of amides is 1. The summed E-state index contributed by atoms with van der Waals surface area (Å²) in [5, 5.41) is 0. The van der Waals surface area contributed by atoms with Gasteiger partial charge in [0.15, 0.2) is 0 Å². The van der Waals surface area contributed by atoms with Crippen molar-refractivity contribution < 1.29 is 26.4 Å². The minimum Gasteiger partial charge on any atom is -0.376 e. The molecule has 0 radical (unpaired) electrons. The molecule has 9 nitrogen and oxygen atoms in total. The summed E-state index contributed by atoms with van der Waals surface area (Å²) in [5.74, 6) is 0.895. The maximum Gasteiger partial charge on any atom is 0.228 e. The van der Waals surface area contributed by atoms with Crippen molar-refractivity contribution in [1.29, 1.82) is 0 Å². The van der Waals surface area contributed by atoms with Crippen molar-refractivity contribution in [3.8, 4) is 0 Å². The van der Waals surface area contributed by atoms with Gasteiger partial charge in [0.1, 0.15) is 0 Å². The van der Waals surface area contributed by atoms with Crippen LogP contribution in [-0.4, -0.2) is 88.9 Å². The first kappa shape index (κ1) is 25.9. The molecule has 0 bridgehead atoms. The highest BCUT2D eigenvalue weighted by molar-refractivity contribution is 7.88. The molecule has 0 unspecified atom stereocenters. The summed E-state index contributed by atoms with van der Waals surface area (Å²) in [7, 11) is -6.74. The van der Waals surface area contributed by atoms with Gasteiger partial charge in [0.25, 0.3) is 0 Å². The lowest BCUT2D eigenvalue weighted by Crippen LogP contribution is -2.63. The monoisotopic (exact) mass is 493 g/mol. The predicted molar refractivity (Wildman–Crippen MR) is 123 cm³/mol. The first-order valence-corrected chi connectivity index (χ1v) is 15.4. The molecule has 0 spiro atoms. The molecule has 1 saturated carbocycles. The second-order valence-corrected chi connectivity index (χ2v) is 13.9. The maximum absolute atomic E-state index is 13.2. The Morgan fingerprint density at radius 3 is 2.19 bits per heavy atom. The molecule has 2 heterocycles. The zero-order valence-corrected chi connectivity index (χ0v) is 21.3. The van der Waals surface area contributed by atoms with E-state index in [-0.39, 0.29) is 37.1 Å². The van der Waals surface area contributed by atoms with Crippen LogP contribution in [0.2, 0.25) is 0 Å². The highest BCUT2D eigenvalue weighted by Gasteiger charge is 2.44. The molecule has 11 heteroatoms. The van der Waals surface area contributed by atoms with E-state index in [1.54, 1.807) is 4.90 Å². The summed E-state index contributed by atoms with van der Waals surface area (Å²) < 4.78 is 57.5. The van der Waals surface area contributed by atoms with Gasteiger partial charge in [-0.3, -0.25) is 4.79 Å². The molecule has 3 aliphatic rings. The van der Waals surface area contributed by atoms with Gasteiger partial charge < -0.3 is 9.64 Å². The van der Waals surface area contributed by atoms with Gasteiger partial charge >= 0.3 is 0 Å². The number of hydrogen-bond donors (Lipinski definition) is 1. The van der Waals surface area contributed by atoms with E-state index in [1.165, 1.54) is 4.31 Å². The van der Waals surface area contributed by atoms with Crippen molar-refractivity contribution in [1.82, 2.24) is 13.9 Å². The lowest BCUT2D eigenvalue weighted by molar-refractivity contribution is -0.146. The van der Waals surface area contributed by atoms with Crippen molar-refractivity contribution in [2.24, 2.45) is 17.8 Å². The van der Waals surface area contributed by atoms with Crippen LogP contribution in [0.1, 0.15) is 52.4 Å². The molecule has 3 rings (SSSR count). The largest absolute Gasteiger partial charge is 0.376 e. The lowest BCUT2D eigenvalue weighted by Gasteiger charge is -2.46. The molecule has 2 saturated heterocycles. The van der Waals surface area contributed by atoms with Gasteiger partial charge in [-0.1, -0.05) is 13.8 Å². The Labute approximate surface area is 193 Å². The Morgan fingerprint density at radius 1 is 1.03 bits per heavy atom. The van der Waals surface area contributed by atoms with E-state index in [4.69, 9.17) is 4.74 Å². The first-order chi connectivity index (χ1) is 14.8. The number of nitrogens with zero attached hydrogens (tertiary/aromatic N) is 2. The Bertz CT molecular complexity index is 862. The molecule has 2 aliphatic heterocycles. The van der Waals surface area contributed by atoms with E-state index in [9.17, 15) is 21.6 Å². The third-order valence-electron chi connectivity index (χ3n) is 7.26. The predicted octanol–water partition coefficient (Wildman–Crippen LogP) is 1.02. The van der Waals surface area contributed by atoms with Crippen LogP contribution in [-0.2, 0) is 29.6 Å². The number of likely N-dealkylation sites (tertiary alicyclic amines) is 1.